The number of fused-ring (bicyclic) bond motifs is 1. The van der Waals surface area contributed by atoms with Crippen molar-refractivity contribution in [3.63, 3.8) is 0 Å². The van der Waals surface area contributed by atoms with E-state index in [-0.39, 0.29) is 11.6 Å². The molecule has 74 valence electrons. The van der Waals surface area contributed by atoms with Crippen LogP contribution in [0.5, 0.6) is 0 Å². The van der Waals surface area contributed by atoms with Crippen molar-refractivity contribution in [3.05, 3.63) is 28.8 Å². The summed E-state index contributed by atoms with van der Waals surface area (Å²) in [7, 11) is 1.88. The summed E-state index contributed by atoms with van der Waals surface area (Å²) in [6.45, 7) is 3.99. The van der Waals surface area contributed by atoms with E-state index in [1.807, 2.05) is 25.6 Å². The van der Waals surface area contributed by atoms with Gasteiger partial charge in [0.1, 0.15) is 0 Å². The first kappa shape index (κ1) is 8.99. The van der Waals surface area contributed by atoms with E-state index < -0.39 is 0 Å². The quantitative estimate of drug-likeness (QED) is 0.682. The molecule has 0 spiro atoms. The van der Waals surface area contributed by atoms with E-state index in [0.29, 0.717) is 0 Å². The molecule has 4 nitrogen and oxygen atoms in total. The van der Waals surface area contributed by atoms with Gasteiger partial charge in [-0.15, -0.1) is 0 Å². The molecule has 0 saturated heterocycles. The van der Waals surface area contributed by atoms with E-state index >= 15 is 0 Å². The van der Waals surface area contributed by atoms with E-state index in [1.165, 1.54) is 0 Å². The average Bonchev–Trinajstić information content (AvgIpc) is 2.41. The molecular weight excluding hydrogens is 178 g/mol. The second-order valence-corrected chi connectivity index (χ2v) is 3.66. The highest BCUT2D eigenvalue weighted by molar-refractivity contribution is 5.77. The number of hydrogen-bond donors (Lipinski definition) is 0. The molecule has 14 heavy (non-hydrogen) atoms. The lowest BCUT2D eigenvalue weighted by atomic mass is 10.3. The number of rotatable bonds is 1. The molecule has 2 aromatic heterocycles. The van der Waals surface area contributed by atoms with Gasteiger partial charge < -0.3 is 0 Å². The third-order valence-corrected chi connectivity index (χ3v) is 2.40. The van der Waals surface area contributed by atoms with Crippen LogP contribution in [0.2, 0.25) is 0 Å². The molecule has 0 atom stereocenters. The number of hydrogen-bond acceptors (Lipinski definition) is 2. The summed E-state index contributed by atoms with van der Waals surface area (Å²) >= 11 is 0. The Kier molecular flexibility index (Phi) is 1.91. The maximum Gasteiger partial charge on any atom is 0.274 e. The Bertz CT molecular complexity index is 522. The highest BCUT2D eigenvalue weighted by Crippen LogP contribution is 2.10. The van der Waals surface area contributed by atoms with Crippen LogP contribution in [0.3, 0.4) is 0 Å². The molecule has 0 aliphatic carbocycles. The van der Waals surface area contributed by atoms with E-state index in [2.05, 4.69) is 4.98 Å². The van der Waals surface area contributed by atoms with Crippen molar-refractivity contribution in [2.75, 3.05) is 0 Å². The maximum absolute atomic E-state index is 11.9. The Morgan fingerprint density at radius 3 is 2.71 bits per heavy atom. The van der Waals surface area contributed by atoms with Gasteiger partial charge >= 0.3 is 0 Å². The highest BCUT2D eigenvalue weighted by Gasteiger charge is 2.11. The van der Waals surface area contributed by atoms with Gasteiger partial charge in [0, 0.05) is 19.3 Å². The van der Waals surface area contributed by atoms with Gasteiger partial charge in [-0.25, -0.2) is 4.68 Å². The minimum atomic E-state index is 0.0555. The normalized spacial score (nSPS) is 11.4. The molecule has 0 N–H and O–H groups in total. The first-order chi connectivity index (χ1) is 6.63. The van der Waals surface area contributed by atoms with Crippen LogP contribution in [0.1, 0.15) is 19.9 Å². The smallest absolute Gasteiger partial charge is 0.274 e. The number of nitrogens with zero attached hydrogens (tertiary/aromatic N) is 3. The maximum atomic E-state index is 11.9. The van der Waals surface area contributed by atoms with Crippen LogP contribution in [0.15, 0.2) is 23.3 Å². The summed E-state index contributed by atoms with van der Waals surface area (Å²) in [4.78, 5) is 15.9. The minimum absolute atomic E-state index is 0.0555. The summed E-state index contributed by atoms with van der Waals surface area (Å²) in [6, 6.07) is 1.93. The molecular formula is C10H13N3O. The fourth-order valence-corrected chi connectivity index (χ4v) is 1.78. The zero-order valence-electron chi connectivity index (χ0n) is 8.56. The molecule has 0 aromatic carbocycles. The second kappa shape index (κ2) is 2.97. The van der Waals surface area contributed by atoms with Gasteiger partial charge in [-0.3, -0.25) is 14.5 Å². The van der Waals surface area contributed by atoms with Crippen LogP contribution < -0.4 is 5.56 Å². The molecule has 2 heterocycles. The Hall–Kier alpha value is -1.58. The summed E-state index contributed by atoms with van der Waals surface area (Å²) in [5.74, 6) is 0. The van der Waals surface area contributed by atoms with Crippen molar-refractivity contribution in [2.45, 2.75) is 19.9 Å². The molecule has 0 aliphatic rings. The van der Waals surface area contributed by atoms with E-state index in [4.69, 9.17) is 0 Å². The highest BCUT2D eigenvalue weighted by atomic mass is 16.1. The van der Waals surface area contributed by atoms with Crippen LogP contribution in [0, 0.1) is 0 Å². The van der Waals surface area contributed by atoms with Crippen LogP contribution in [0.25, 0.3) is 10.9 Å². The van der Waals surface area contributed by atoms with Gasteiger partial charge in [-0.1, -0.05) is 0 Å². The summed E-state index contributed by atoms with van der Waals surface area (Å²) in [6.07, 6.45) is 3.37. The van der Waals surface area contributed by atoms with Crippen molar-refractivity contribution >= 4 is 10.9 Å². The largest absolute Gasteiger partial charge is 0.283 e. The third kappa shape index (κ3) is 1.07. The molecule has 2 aromatic rings. The van der Waals surface area contributed by atoms with Crippen molar-refractivity contribution in [2.24, 2.45) is 7.05 Å². The topological polar surface area (TPSA) is 39.8 Å². The van der Waals surface area contributed by atoms with Crippen LogP contribution in [-0.2, 0) is 7.05 Å². The Labute approximate surface area is 81.8 Å². The van der Waals surface area contributed by atoms with Crippen LogP contribution >= 0.6 is 0 Å². The molecule has 0 aliphatic heterocycles. The molecule has 0 fully saturated rings. The van der Waals surface area contributed by atoms with E-state index in [9.17, 15) is 4.79 Å². The fraction of sp³-hybridized carbons (Fsp3) is 0.400. The molecule has 0 radical (unpaired) electrons. The minimum Gasteiger partial charge on any atom is -0.283 e. The van der Waals surface area contributed by atoms with Gasteiger partial charge in [0.25, 0.3) is 5.56 Å². The van der Waals surface area contributed by atoms with Gasteiger partial charge in [0.2, 0.25) is 0 Å². The van der Waals surface area contributed by atoms with Gasteiger partial charge in [0.05, 0.1) is 17.1 Å². The van der Waals surface area contributed by atoms with Crippen LogP contribution in [-0.4, -0.2) is 14.3 Å². The lowest BCUT2D eigenvalue weighted by Crippen LogP contribution is -2.23. The zero-order chi connectivity index (χ0) is 10.3. The summed E-state index contributed by atoms with van der Waals surface area (Å²) in [5, 5.41) is 0.733. The van der Waals surface area contributed by atoms with Crippen molar-refractivity contribution in [3.8, 4) is 0 Å². The molecule has 0 saturated carbocycles. The number of aryl methyl sites for hydroxylation is 1. The Morgan fingerprint density at radius 1 is 1.43 bits per heavy atom. The SMILES string of the molecule is CC(C)n1c(=O)c2ccncc2n1C. The molecule has 0 bridgehead atoms. The van der Waals surface area contributed by atoms with Gasteiger partial charge in [0.15, 0.2) is 0 Å². The Balaban J connectivity index is 2.93. The summed E-state index contributed by atoms with van der Waals surface area (Å²) in [5.41, 5.74) is 0.936. The zero-order valence-corrected chi connectivity index (χ0v) is 8.56. The predicted molar refractivity (Wildman–Crippen MR) is 55.4 cm³/mol. The lowest BCUT2D eigenvalue weighted by Gasteiger charge is -2.10. The first-order valence-corrected chi connectivity index (χ1v) is 4.64. The molecule has 4 heteroatoms. The van der Waals surface area contributed by atoms with Crippen molar-refractivity contribution in [1.82, 2.24) is 14.3 Å². The van der Waals surface area contributed by atoms with Gasteiger partial charge in [-0.2, -0.15) is 0 Å². The van der Waals surface area contributed by atoms with E-state index in [1.54, 1.807) is 23.1 Å². The lowest BCUT2D eigenvalue weighted by molar-refractivity contribution is 0.447. The predicted octanol–water partition coefficient (Wildman–Crippen LogP) is 1.32. The molecule has 2 rings (SSSR count). The fourth-order valence-electron chi connectivity index (χ4n) is 1.78. The van der Waals surface area contributed by atoms with Gasteiger partial charge in [-0.05, 0) is 19.9 Å². The van der Waals surface area contributed by atoms with Crippen molar-refractivity contribution < 1.29 is 0 Å². The second-order valence-electron chi connectivity index (χ2n) is 3.66. The van der Waals surface area contributed by atoms with E-state index in [0.717, 1.165) is 10.9 Å². The number of aromatic nitrogens is 3. The molecule has 0 unspecified atom stereocenters. The summed E-state index contributed by atoms with van der Waals surface area (Å²) < 4.78 is 3.58. The molecule has 0 amide bonds. The van der Waals surface area contributed by atoms with Crippen molar-refractivity contribution in [1.29, 1.82) is 0 Å². The Morgan fingerprint density at radius 2 is 2.14 bits per heavy atom. The number of pyridine rings is 1. The monoisotopic (exact) mass is 191 g/mol. The first-order valence-electron chi connectivity index (χ1n) is 4.64. The average molecular weight is 191 g/mol. The third-order valence-electron chi connectivity index (χ3n) is 2.40. The van der Waals surface area contributed by atoms with Crippen LogP contribution in [0.4, 0.5) is 0 Å². The standard InChI is InChI=1S/C10H13N3O/c1-7(2)13-10(14)8-4-5-11-6-9(8)12(13)3/h4-7H,1-3H3.